The van der Waals surface area contributed by atoms with Crippen LogP contribution >= 0.6 is 15.9 Å². The van der Waals surface area contributed by atoms with Crippen molar-refractivity contribution in [3.05, 3.63) is 34.3 Å². The van der Waals surface area contributed by atoms with Gasteiger partial charge in [0.25, 0.3) is 0 Å². The van der Waals surface area contributed by atoms with Gasteiger partial charge in [0.1, 0.15) is 0 Å². The molecule has 1 aromatic carbocycles. The molecule has 0 aliphatic heterocycles. The fraction of sp³-hybridized carbons (Fsp3) is 0.364. The van der Waals surface area contributed by atoms with Crippen LogP contribution in [-0.4, -0.2) is 8.32 Å². The molecule has 0 N–H and O–H groups in total. The maximum atomic E-state index is 9.07. The molecule has 0 fully saturated rings. The summed E-state index contributed by atoms with van der Waals surface area (Å²) in [5, 5.41) is 9.07. The Kier molecular flexibility index (Phi) is 4.09. The average molecular weight is 284 g/mol. The van der Waals surface area contributed by atoms with Crippen LogP contribution in [0.2, 0.25) is 19.6 Å². The second-order valence-corrected chi connectivity index (χ2v) is 9.67. The highest BCUT2D eigenvalue weighted by Gasteiger charge is 2.22. The van der Waals surface area contributed by atoms with Crippen LogP contribution in [0.4, 0.5) is 0 Å². The Bertz CT molecular complexity index is 381. The summed E-state index contributed by atoms with van der Waals surface area (Å²) < 4.78 is 6.76. The van der Waals surface area contributed by atoms with E-state index in [4.69, 9.17) is 9.69 Å². The fourth-order valence-corrected chi connectivity index (χ4v) is 2.50. The third-order valence-electron chi connectivity index (χ3n) is 1.74. The number of rotatable bonds is 3. The number of halogens is 1. The average Bonchev–Trinajstić information content (AvgIpc) is 2.13. The van der Waals surface area contributed by atoms with Crippen molar-refractivity contribution in [1.29, 1.82) is 5.26 Å². The first-order valence-corrected chi connectivity index (χ1v) is 8.95. The second kappa shape index (κ2) is 4.93. The largest absolute Gasteiger partial charge is 0.399 e. The molecule has 0 spiro atoms. The van der Waals surface area contributed by atoms with Gasteiger partial charge < -0.3 is 4.43 Å². The van der Waals surface area contributed by atoms with E-state index >= 15 is 0 Å². The Balaban J connectivity index is 2.90. The summed E-state index contributed by atoms with van der Waals surface area (Å²) in [5.41, 5.74) is 0.911. The first-order valence-electron chi connectivity index (χ1n) is 4.75. The maximum Gasteiger partial charge on any atom is 0.186 e. The molecule has 1 atom stereocenters. The van der Waals surface area contributed by atoms with E-state index in [0.717, 1.165) is 10.0 Å². The molecule has 0 aliphatic rings. The number of hydrogen-bond donors (Lipinski definition) is 0. The minimum absolute atomic E-state index is 0.450. The lowest BCUT2D eigenvalue weighted by Gasteiger charge is -2.21. The summed E-state index contributed by atoms with van der Waals surface area (Å²) in [6.07, 6.45) is -0.450. The molecule has 0 amide bonds. The van der Waals surface area contributed by atoms with Gasteiger partial charge in [0.05, 0.1) is 6.07 Å². The monoisotopic (exact) mass is 283 g/mol. The van der Waals surface area contributed by atoms with E-state index in [-0.39, 0.29) is 0 Å². The third-order valence-corrected chi connectivity index (χ3v) is 3.18. The zero-order chi connectivity index (χ0) is 11.5. The standard InChI is InChI=1S/C11H14BrNOSi/c1-15(2,3)14-11(8-13)9-5-4-6-10(12)7-9/h4-7,11H,1-3H3. The maximum absolute atomic E-state index is 9.07. The predicted octanol–water partition coefficient (Wildman–Crippen LogP) is 3.87. The summed E-state index contributed by atoms with van der Waals surface area (Å²) in [5.74, 6) is 0. The lowest BCUT2D eigenvalue weighted by Crippen LogP contribution is -2.27. The van der Waals surface area contributed by atoms with Crippen molar-refractivity contribution >= 4 is 24.2 Å². The van der Waals surface area contributed by atoms with Crippen LogP contribution < -0.4 is 0 Å². The van der Waals surface area contributed by atoms with Crippen molar-refractivity contribution in [3.8, 4) is 6.07 Å². The van der Waals surface area contributed by atoms with E-state index in [0.29, 0.717) is 0 Å². The lowest BCUT2D eigenvalue weighted by molar-refractivity contribution is 0.255. The van der Waals surface area contributed by atoms with E-state index in [1.807, 2.05) is 24.3 Å². The SMILES string of the molecule is C[Si](C)(C)OC(C#N)c1cccc(Br)c1. The van der Waals surface area contributed by atoms with Crippen LogP contribution in [0, 0.1) is 11.3 Å². The van der Waals surface area contributed by atoms with Gasteiger partial charge in [-0.3, -0.25) is 0 Å². The highest BCUT2D eigenvalue weighted by molar-refractivity contribution is 9.10. The zero-order valence-corrected chi connectivity index (χ0v) is 11.7. The van der Waals surface area contributed by atoms with Crippen LogP contribution in [0.5, 0.6) is 0 Å². The van der Waals surface area contributed by atoms with Crippen LogP contribution in [-0.2, 0) is 4.43 Å². The Labute approximate surface area is 100 Å². The normalized spacial score (nSPS) is 13.3. The molecular weight excluding hydrogens is 270 g/mol. The Morgan fingerprint density at radius 3 is 2.53 bits per heavy atom. The van der Waals surface area contributed by atoms with Crippen molar-refractivity contribution in [2.45, 2.75) is 25.7 Å². The van der Waals surface area contributed by atoms with Gasteiger partial charge in [0.15, 0.2) is 14.4 Å². The van der Waals surface area contributed by atoms with Crippen LogP contribution in [0.25, 0.3) is 0 Å². The Morgan fingerprint density at radius 2 is 2.07 bits per heavy atom. The van der Waals surface area contributed by atoms with Crippen LogP contribution in [0.3, 0.4) is 0 Å². The second-order valence-electron chi connectivity index (χ2n) is 4.29. The van der Waals surface area contributed by atoms with Crippen molar-refractivity contribution < 1.29 is 4.43 Å². The molecule has 0 bridgehead atoms. The first-order chi connectivity index (χ1) is 6.92. The summed E-state index contributed by atoms with van der Waals surface area (Å²) in [4.78, 5) is 0. The van der Waals surface area contributed by atoms with Gasteiger partial charge in [0, 0.05) is 4.47 Å². The minimum Gasteiger partial charge on any atom is -0.399 e. The van der Waals surface area contributed by atoms with Gasteiger partial charge >= 0.3 is 0 Å². The summed E-state index contributed by atoms with van der Waals surface area (Å²) in [7, 11) is -1.68. The molecule has 80 valence electrons. The smallest absolute Gasteiger partial charge is 0.186 e. The van der Waals surface area contributed by atoms with Crippen molar-refractivity contribution in [2.24, 2.45) is 0 Å². The van der Waals surface area contributed by atoms with E-state index in [1.165, 1.54) is 0 Å². The molecule has 4 heteroatoms. The number of nitrogens with zero attached hydrogens (tertiary/aromatic N) is 1. The Hall–Kier alpha value is -0.633. The molecule has 0 heterocycles. The van der Waals surface area contributed by atoms with Gasteiger partial charge in [-0.2, -0.15) is 5.26 Å². The summed E-state index contributed by atoms with van der Waals surface area (Å²) in [6, 6.07) is 9.88. The Morgan fingerprint density at radius 1 is 1.40 bits per heavy atom. The number of hydrogen-bond acceptors (Lipinski definition) is 2. The van der Waals surface area contributed by atoms with Crippen molar-refractivity contribution in [1.82, 2.24) is 0 Å². The minimum atomic E-state index is -1.68. The predicted molar refractivity (Wildman–Crippen MR) is 66.9 cm³/mol. The van der Waals surface area contributed by atoms with Crippen LogP contribution in [0.1, 0.15) is 11.7 Å². The molecule has 0 saturated carbocycles. The molecule has 0 aromatic heterocycles. The number of nitriles is 1. The quantitative estimate of drug-likeness (QED) is 0.789. The molecule has 0 radical (unpaired) electrons. The van der Waals surface area contributed by atoms with E-state index in [1.54, 1.807) is 0 Å². The van der Waals surface area contributed by atoms with Gasteiger partial charge in [-0.15, -0.1) is 0 Å². The molecule has 0 saturated heterocycles. The molecule has 1 rings (SSSR count). The van der Waals surface area contributed by atoms with Crippen molar-refractivity contribution in [3.63, 3.8) is 0 Å². The molecule has 1 unspecified atom stereocenters. The van der Waals surface area contributed by atoms with Gasteiger partial charge in [-0.05, 0) is 37.3 Å². The first kappa shape index (κ1) is 12.4. The fourth-order valence-electron chi connectivity index (χ4n) is 1.19. The topological polar surface area (TPSA) is 33.0 Å². The number of benzene rings is 1. The van der Waals surface area contributed by atoms with E-state index in [2.05, 4.69) is 41.6 Å². The molecule has 1 aromatic rings. The van der Waals surface area contributed by atoms with E-state index < -0.39 is 14.4 Å². The highest BCUT2D eigenvalue weighted by Crippen LogP contribution is 2.23. The zero-order valence-electron chi connectivity index (χ0n) is 9.12. The molecular formula is C11H14BrNOSi. The lowest BCUT2D eigenvalue weighted by atomic mass is 10.1. The third kappa shape index (κ3) is 4.16. The summed E-state index contributed by atoms with van der Waals surface area (Å²) >= 11 is 3.39. The molecule has 0 aliphatic carbocycles. The highest BCUT2D eigenvalue weighted by atomic mass is 79.9. The van der Waals surface area contributed by atoms with Gasteiger partial charge in [-0.1, -0.05) is 28.1 Å². The van der Waals surface area contributed by atoms with Gasteiger partial charge in [-0.25, -0.2) is 0 Å². The van der Waals surface area contributed by atoms with Crippen LogP contribution in [0.15, 0.2) is 28.7 Å². The molecule has 2 nitrogen and oxygen atoms in total. The molecule has 15 heavy (non-hydrogen) atoms. The summed E-state index contributed by atoms with van der Waals surface area (Å²) in [6.45, 7) is 6.24. The van der Waals surface area contributed by atoms with Gasteiger partial charge in [0.2, 0.25) is 0 Å². The van der Waals surface area contributed by atoms with E-state index in [9.17, 15) is 0 Å². The van der Waals surface area contributed by atoms with Crippen molar-refractivity contribution in [2.75, 3.05) is 0 Å².